The normalized spacial score (nSPS) is 13.7. The largest absolute Gasteiger partial charge is 0.273 e. The van der Waals surface area contributed by atoms with Crippen LogP contribution in [0.1, 0.15) is 16.7 Å². The van der Waals surface area contributed by atoms with Crippen molar-refractivity contribution < 1.29 is 9.72 Å². The number of hydrazone groups is 1. The van der Waals surface area contributed by atoms with Crippen LogP contribution in [0.15, 0.2) is 53.6 Å². The summed E-state index contributed by atoms with van der Waals surface area (Å²) in [6.07, 6.45) is 0.260. The molecule has 1 aliphatic rings. The van der Waals surface area contributed by atoms with Gasteiger partial charge in [-0.15, -0.1) is 0 Å². The number of nitro benzene ring substituents is 1. The second-order valence-corrected chi connectivity index (χ2v) is 4.63. The first-order valence-corrected chi connectivity index (χ1v) is 6.35. The average Bonchev–Trinajstić information content (AvgIpc) is 2.65. The molecule has 1 aliphatic heterocycles. The molecule has 0 aromatic heterocycles. The van der Waals surface area contributed by atoms with Gasteiger partial charge in [-0.25, -0.2) is 5.43 Å². The molecule has 1 N–H and O–H groups in total. The molecule has 6 nitrogen and oxygen atoms in total. The van der Waals surface area contributed by atoms with E-state index in [-0.39, 0.29) is 18.0 Å². The van der Waals surface area contributed by atoms with Crippen molar-refractivity contribution in [1.82, 2.24) is 5.43 Å². The van der Waals surface area contributed by atoms with E-state index in [4.69, 9.17) is 0 Å². The summed E-state index contributed by atoms with van der Waals surface area (Å²) in [5.41, 5.74) is 5.56. The Balaban J connectivity index is 2.08. The van der Waals surface area contributed by atoms with Gasteiger partial charge in [0, 0.05) is 23.3 Å². The van der Waals surface area contributed by atoms with Crippen LogP contribution >= 0.6 is 0 Å². The van der Waals surface area contributed by atoms with Crippen molar-refractivity contribution >= 4 is 17.3 Å². The number of nitrogens with one attached hydrogen (secondary N) is 1. The molecule has 104 valence electrons. The minimum atomic E-state index is -0.450. The highest BCUT2D eigenvalue weighted by Crippen LogP contribution is 2.20. The fourth-order valence-electron chi connectivity index (χ4n) is 2.26. The van der Waals surface area contributed by atoms with Crippen LogP contribution in [0.4, 0.5) is 5.69 Å². The van der Waals surface area contributed by atoms with Crippen LogP contribution in [0.2, 0.25) is 0 Å². The molecule has 1 amide bonds. The van der Waals surface area contributed by atoms with Crippen molar-refractivity contribution in [3.8, 4) is 0 Å². The highest BCUT2D eigenvalue weighted by molar-refractivity contribution is 6.15. The number of amides is 1. The van der Waals surface area contributed by atoms with Gasteiger partial charge in [-0.3, -0.25) is 14.9 Å². The second-order valence-electron chi connectivity index (χ2n) is 4.63. The van der Waals surface area contributed by atoms with E-state index < -0.39 is 4.92 Å². The molecule has 1 heterocycles. The van der Waals surface area contributed by atoms with E-state index in [1.807, 2.05) is 24.3 Å². The molecule has 0 saturated heterocycles. The lowest BCUT2D eigenvalue weighted by atomic mass is 9.96. The molecule has 0 fully saturated rings. The Bertz CT molecular complexity index is 751. The second kappa shape index (κ2) is 5.16. The quantitative estimate of drug-likeness (QED) is 0.675. The van der Waals surface area contributed by atoms with Gasteiger partial charge in [0.2, 0.25) is 5.91 Å². The van der Waals surface area contributed by atoms with Gasteiger partial charge in [-0.05, 0) is 17.7 Å². The third-order valence-electron chi connectivity index (χ3n) is 3.27. The first-order chi connectivity index (χ1) is 10.1. The predicted molar refractivity (Wildman–Crippen MR) is 77.0 cm³/mol. The maximum atomic E-state index is 11.7. The van der Waals surface area contributed by atoms with Crippen molar-refractivity contribution in [1.29, 1.82) is 0 Å². The molecule has 2 aromatic carbocycles. The zero-order chi connectivity index (χ0) is 14.8. The van der Waals surface area contributed by atoms with Crippen LogP contribution in [0.3, 0.4) is 0 Å². The zero-order valence-corrected chi connectivity index (χ0v) is 10.9. The predicted octanol–water partition coefficient (Wildman–Crippen LogP) is 2.02. The minimum Gasteiger partial charge on any atom is -0.273 e. The summed E-state index contributed by atoms with van der Waals surface area (Å²) in [4.78, 5) is 21.9. The van der Waals surface area contributed by atoms with Crippen LogP contribution in [0.25, 0.3) is 0 Å². The maximum absolute atomic E-state index is 11.7. The molecule has 2 aromatic rings. The number of fused-ring (bicyclic) bond motifs is 1. The molecule has 3 rings (SSSR count). The summed E-state index contributed by atoms with van der Waals surface area (Å²) in [6, 6.07) is 13.6. The Morgan fingerprint density at radius 3 is 2.52 bits per heavy atom. The van der Waals surface area contributed by atoms with Gasteiger partial charge in [-0.2, -0.15) is 5.10 Å². The van der Waals surface area contributed by atoms with E-state index in [1.165, 1.54) is 12.1 Å². The number of nitro groups is 1. The minimum absolute atomic E-state index is 0.0188. The fourth-order valence-corrected chi connectivity index (χ4v) is 2.26. The van der Waals surface area contributed by atoms with Crippen molar-refractivity contribution in [3.05, 3.63) is 75.3 Å². The Morgan fingerprint density at radius 2 is 1.81 bits per heavy atom. The fraction of sp³-hybridized carbons (Fsp3) is 0.0667. The zero-order valence-electron chi connectivity index (χ0n) is 10.9. The first-order valence-electron chi connectivity index (χ1n) is 6.35. The molecule has 0 bridgehead atoms. The standard InChI is InChI=1S/C15H11N3O3/c19-14-9-11-3-1-2-4-13(11)15(17-16-14)10-5-7-12(8-6-10)18(20)21/h1-8H,9H2,(H,16,19). The van der Waals surface area contributed by atoms with Crippen molar-refractivity contribution in [2.24, 2.45) is 5.10 Å². The van der Waals surface area contributed by atoms with E-state index in [2.05, 4.69) is 10.5 Å². The molecule has 0 radical (unpaired) electrons. The lowest BCUT2D eigenvalue weighted by Crippen LogP contribution is -2.18. The first kappa shape index (κ1) is 13.0. The SMILES string of the molecule is O=C1Cc2ccccc2C(c2ccc([N+](=O)[O-])cc2)=NN1. The third kappa shape index (κ3) is 2.51. The third-order valence-corrected chi connectivity index (χ3v) is 3.27. The molecule has 0 saturated carbocycles. The number of carbonyl (C=O) groups is 1. The molecule has 0 aliphatic carbocycles. The number of benzene rings is 2. The molecular formula is C15H11N3O3. The Morgan fingerprint density at radius 1 is 1.10 bits per heavy atom. The average molecular weight is 281 g/mol. The monoisotopic (exact) mass is 281 g/mol. The Hall–Kier alpha value is -3.02. The van der Waals surface area contributed by atoms with Crippen LogP contribution in [0, 0.1) is 10.1 Å². The van der Waals surface area contributed by atoms with E-state index in [9.17, 15) is 14.9 Å². The topological polar surface area (TPSA) is 84.6 Å². The van der Waals surface area contributed by atoms with Crippen LogP contribution in [0.5, 0.6) is 0 Å². The van der Waals surface area contributed by atoms with E-state index in [1.54, 1.807) is 12.1 Å². The van der Waals surface area contributed by atoms with Crippen molar-refractivity contribution in [3.63, 3.8) is 0 Å². The van der Waals surface area contributed by atoms with Crippen LogP contribution < -0.4 is 5.43 Å². The Labute approximate surface area is 120 Å². The number of carbonyl (C=O) groups excluding carboxylic acids is 1. The van der Waals surface area contributed by atoms with Gasteiger partial charge < -0.3 is 0 Å². The summed E-state index contributed by atoms with van der Waals surface area (Å²) in [7, 11) is 0. The lowest BCUT2D eigenvalue weighted by Gasteiger charge is -2.08. The summed E-state index contributed by atoms with van der Waals surface area (Å²) >= 11 is 0. The lowest BCUT2D eigenvalue weighted by molar-refractivity contribution is -0.384. The van der Waals surface area contributed by atoms with Crippen molar-refractivity contribution in [2.45, 2.75) is 6.42 Å². The van der Waals surface area contributed by atoms with E-state index >= 15 is 0 Å². The molecule has 21 heavy (non-hydrogen) atoms. The van der Waals surface area contributed by atoms with Gasteiger partial charge >= 0.3 is 0 Å². The van der Waals surface area contributed by atoms with Gasteiger partial charge in [0.15, 0.2) is 0 Å². The van der Waals surface area contributed by atoms with Crippen LogP contribution in [-0.2, 0) is 11.2 Å². The van der Waals surface area contributed by atoms with Crippen molar-refractivity contribution in [2.75, 3.05) is 0 Å². The van der Waals surface area contributed by atoms with Gasteiger partial charge in [0.05, 0.1) is 17.1 Å². The number of rotatable bonds is 2. The smallest absolute Gasteiger partial charge is 0.269 e. The molecular weight excluding hydrogens is 270 g/mol. The Kier molecular flexibility index (Phi) is 3.19. The van der Waals surface area contributed by atoms with Crippen LogP contribution in [-0.4, -0.2) is 16.5 Å². The van der Waals surface area contributed by atoms with Gasteiger partial charge in [-0.1, -0.05) is 24.3 Å². The highest BCUT2D eigenvalue weighted by Gasteiger charge is 2.18. The number of nitrogens with zero attached hydrogens (tertiary/aromatic N) is 2. The molecule has 0 unspecified atom stereocenters. The van der Waals surface area contributed by atoms with E-state index in [0.717, 1.165) is 16.7 Å². The molecule has 6 heteroatoms. The summed E-state index contributed by atoms with van der Waals surface area (Å²) in [5, 5.41) is 14.8. The summed E-state index contributed by atoms with van der Waals surface area (Å²) in [6.45, 7) is 0. The summed E-state index contributed by atoms with van der Waals surface area (Å²) in [5.74, 6) is -0.181. The molecule has 0 atom stereocenters. The highest BCUT2D eigenvalue weighted by atomic mass is 16.6. The van der Waals surface area contributed by atoms with E-state index in [0.29, 0.717) is 5.71 Å². The molecule has 0 spiro atoms. The summed E-state index contributed by atoms with van der Waals surface area (Å²) < 4.78 is 0. The number of hydrogen-bond acceptors (Lipinski definition) is 4. The van der Waals surface area contributed by atoms with Gasteiger partial charge in [0.25, 0.3) is 5.69 Å². The van der Waals surface area contributed by atoms with Gasteiger partial charge in [0.1, 0.15) is 0 Å². The number of non-ortho nitro benzene ring substituents is 1. The maximum Gasteiger partial charge on any atom is 0.269 e. The number of hydrogen-bond donors (Lipinski definition) is 1.